The number of nitrogens with zero attached hydrogens (tertiary/aromatic N) is 1. The number of aryl methyl sites for hydroxylation is 3. The SMILES string of the molecule is Cc1cc(C)c(CN(C)C2CCC(O)CC2)cc1C. The Morgan fingerprint density at radius 1 is 1.00 bits per heavy atom. The van der Waals surface area contributed by atoms with E-state index in [1.54, 1.807) is 0 Å². The average molecular weight is 261 g/mol. The summed E-state index contributed by atoms with van der Waals surface area (Å²) in [6.45, 7) is 7.60. The zero-order chi connectivity index (χ0) is 14.0. The number of hydrogen-bond donors (Lipinski definition) is 1. The predicted molar refractivity (Wildman–Crippen MR) is 80.4 cm³/mol. The molecular formula is C17H27NO. The van der Waals surface area contributed by atoms with Gasteiger partial charge in [0.05, 0.1) is 6.10 Å². The standard InChI is InChI=1S/C17H27NO/c1-12-9-14(3)15(10-13(12)2)11-18(4)16-5-7-17(19)8-6-16/h9-10,16-17,19H,5-8,11H2,1-4H3. The minimum Gasteiger partial charge on any atom is -0.393 e. The van der Waals surface area contributed by atoms with Crippen LogP contribution in [0.5, 0.6) is 0 Å². The fraction of sp³-hybridized carbons (Fsp3) is 0.647. The molecule has 0 bridgehead atoms. The van der Waals surface area contributed by atoms with Crippen molar-refractivity contribution in [2.24, 2.45) is 0 Å². The zero-order valence-corrected chi connectivity index (χ0v) is 12.7. The lowest BCUT2D eigenvalue weighted by Crippen LogP contribution is -2.36. The first-order valence-electron chi connectivity index (χ1n) is 7.42. The van der Waals surface area contributed by atoms with Gasteiger partial charge >= 0.3 is 0 Å². The van der Waals surface area contributed by atoms with Crippen molar-refractivity contribution in [1.29, 1.82) is 0 Å². The normalized spacial score (nSPS) is 23.9. The van der Waals surface area contributed by atoms with Crippen molar-refractivity contribution in [3.05, 3.63) is 34.4 Å². The molecule has 0 spiro atoms. The molecule has 1 aliphatic rings. The molecule has 106 valence electrons. The summed E-state index contributed by atoms with van der Waals surface area (Å²) in [4.78, 5) is 2.46. The molecule has 0 aromatic heterocycles. The number of hydrogen-bond acceptors (Lipinski definition) is 2. The molecule has 1 aliphatic carbocycles. The van der Waals surface area contributed by atoms with Crippen molar-refractivity contribution >= 4 is 0 Å². The fourth-order valence-corrected chi connectivity index (χ4v) is 3.09. The summed E-state index contributed by atoms with van der Waals surface area (Å²) in [5, 5.41) is 9.59. The highest BCUT2D eigenvalue weighted by Gasteiger charge is 2.22. The molecular weight excluding hydrogens is 234 g/mol. The smallest absolute Gasteiger partial charge is 0.0541 e. The summed E-state index contributed by atoms with van der Waals surface area (Å²) in [6.07, 6.45) is 4.11. The monoisotopic (exact) mass is 261 g/mol. The van der Waals surface area contributed by atoms with Gasteiger partial charge in [-0.15, -0.1) is 0 Å². The first-order valence-corrected chi connectivity index (χ1v) is 7.42. The third kappa shape index (κ3) is 3.58. The highest BCUT2D eigenvalue weighted by molar-refractivity contribution is 5.36. The van der Waals surface area contributed by atoms with Gasteiger partial charge < -0.3 is 5.11 Å². The molecule has 0 amide bonds. The van der Waals surface area contributed by atoms with Gasteiger partial charge in [-0.1, -0.05) is 12.1 Å². The Morgan fingerprint density at radius 2 is 1.58 bits per heavy atom. The van der Waals surface area contributed by atoms with Gasteiger partial charge in [0, 0.05) is 12.6 Å². The summed E-state index contributed by atoms with van der Waals surface area (Å²) >= 11 is 0. The highest BCUT2D eigenvalue weighted by atomic mass is 16.3. The van der Waals surface area contributed by atoms with Gasteiger partial charge in [-0.3, -0.25) is 4.90 Å². The molecule has 2 heteroatoms. The van der Waals surface area contributed by atoms with Gasteiger partial charge in [-0.05, 0) is 75.8 Å². The van der Waals surface area contributed by atoms with E-state index >= 15 is 0 Å². The van der Waals surface area contributed by atoms with E-state index in [4.69, 9.17) is 0 Å². The van der Waals surface area contributed by atoms with E-state index in [1.165, 1.54) is 22.3 Å². The van der Waals surface area contributed by atoms with Crippen LogP contribution in [0.1, 0.15) is 47.9 Å². The molecule has 1 fully saturated rings. The van der Waals surface area contributed by atoms with E-state index in [-0.39, 0.29) is 6.10 Å². The Labute approximate surface area is 117 Å². The second-order valence-electron chi connectivity index (χ2n) is 6.24. The van der Waals surface area contributed by atoms with Crippen molar-refractivity contribution in [1.82, 2.24) is 4.90 Å². The predicted octanol–water partition coefficient (Wildman–Crippen LogP) is 3.35. The fourth-order valence-electron chi connectivity index (χ4n) is 3.09. The van der Waals surface area contributed by atoms with Crippen LogP contribution in [0, 0.1) is 20.8 Å². The molecule has 1 aromatic rings. The lowest BCUT2D eigenvalue weighted by molar-refractivity contribution is 0.0817. The molecule has 2 rings (SSSR count). The molecule has 1 N–H and O–H groups in total. The molecule has 1 aromatic carbocycles. The van der Waals surface area contributed by atoms with Crippen molar-refractivity contribution in [2.45, 2.75) is 65.1 Å². The van der Waals surface area contributed by atoms with Gasteiger partial charge in [-0.25, -0.2) is 0 Å². The minimum absolute atomic E-state index is 0.0620. The Morgan fingerprint density at radius 3 is 2.21 bits per heavy atom. The maximum Gasteiger partial charge on any atom is 0.0541 e. The lowest BCUT2D eigenvalue weighted by Gasteiger charge is -2.33. The maximum atomic E-state index is 9.59. The largest absolute Gasteiger partial charge is 0.393 e. The van der Waals surface area contributed by atoms with E-state index in [0.29, 0.717) is 6.04 Å². The van der Waals surface area contributed by atoms with Crippen molar-refractivity contribution in [2.75, 3.05) is 7.05 Å². The van der Waals surface area contributed by atoms with E-state index in [0.717, 1.165) is 32.2 Å². The van der Waals surface area contributed by atoms with Crippen LogP contribution in [0.4, 0.5) is 0 Å². The third-order valence-electron chi connectivity index (χ3n) is 4.66. The second-order valence-corrected chi connectivity index (χ2v) is 6.24. The molecule has 0 saturated heterocycles. The van der Waals surface area contributed by atoms with Crippen LogP contribution in [0.3, 0.4) is 0 Å². The van der Waals surface area contributed by atoms with Gasteiger partial charge in [0.2, 0.25) is 0 Å². The van der Waals surface area contributed by atoms with Crippen molar-refractivity contribution < 1.29 is 5.11 Å². The second kappa shape index (κ2) is 6.06. The Bertz CT molecular complexity index is 433. The van der Waals surface area contributed by atoms with E-state index in [1.807, 2.05) is 0 Å². The van der Waals surface area contributed by atoms with Crippen LogP contribution in [0.15, 0.2) is 12.1 Å². The van der Waals surface area contributed by atoms with Gasteiger partial charge in [0.25, 0.3) is 0 Å². The summed E-state index contributed by atoms with van der Waals surface area (Å²) in [6, 6.07) is 5.26. The molecule has 19 heavy (non-hydrogen) atoms. The summed E-state index contributed by atoms with van der Waals surface area (Å²) in [5.74, 6) is 0. The molecule has 0 atom stereocenters. The first kappa shape index (κ1) is 14.5. The van der Waals surface area contributed by atoms with Crippen LogP contribution in [0.2, 0.25) is 0 Å². The van der Waals surface area contributed by atoms with Gasteiger partial charge in [-0.2, -0.15) is 0 Å². The summed E-state index contributed by atoms with van der Waals surface area (Å²) < 4.78 is 0. The van der Waals surface area contributed by atoms with Crippen molar-refractivity contribution in [3.8, 4) is 0 Å². The molecule has 0 aliphatic heterocycles. The van der Waals surface area contributed by atoms with E-state index < -0.39 is 0 Å². The van der Waals surface area contributed by atoms with Crippen LogP contribution >= 0.6 is 0 Å². The minimum atomic E-state index is -0.0620. The topological polar surface area (TPSA) is 23.5 Å². The molecule has 0 radical (unpaired) electrons. The van der Waals surface area contributed by atoms with Crippen LogP contribution in [-0.2, 0) is 6.54 Å². The maximum absolute atomic E-state index is 9.59. The molecule has 1 saturated carbocycles. The van der Waals surface area contributed by atoms with Gasteiger partial charge in [0.1, 0.15) is 0 Å². The Hall–Kier alpha value is -0.860. The van der Waals surface area contributed by atoms with Crippen LogP contribution < -0.4 is 0 Å². The lowest BCUT2D eigenvalue weighted by atomic mass is 9.91. The quantitative estimate of drug-likeness (QED) is 0.902. The third-order valence-corrected chi connectivity index (χ3v) is 4.66. The highest BCUT2D eigenvalue weighted by Crippen LogP contribution is 2.24. The number of aliphatic hydroxyl groups excluding tert-OH is 1. The molecule has 2 nitrogen and oxygen atoms in total. The summed E-state index contributed by atoms with van der Waals surface area (Å²) in [5.41, 5.74) is 5.60. The number of rotatable bonds is 3. The molecule has 0 heterocycles. The average Bonchev–Trinajstić information content (AvgIpc) is 2.36. The van der Waals surface area contributed by atoms with Crippen LogP contribution in [0.25, 0.3) is 0 Å². The molecule has 0 unspecified atom stereocenters. The number of benzene rings is 1. The van der Waals surface area contributed by atoms with Crippen molar-refractivity contribution in [3.63, 3.8) is 0 Å². The Balaban J connectivity index is 2.02. The first-order chi connectivity index (χ1) is 8.97. The van der Waals surface area contributed by atoms with E-state index in [9.17, 15) is 5.11 Å². The van der Waals surface area contributed by atoms with Gasteiger partial charge in [0.15, 0.2) is 0 Å². The Kier molecular flexibility index (Phi) is 4.64. The zero-order valence-electron chi connectivity index (χ0n) is 12.7. The van der Waals surface area contributed by atoms with E-state index in [2.05, 4.69) is 44.9 Å². The van der Waals surface area contributed by atoms with Crippen LogP contribution in [-0.4, -0.2) is 29.2 Å². The number of aliphatic hydroxyl groups is 1. The summed E-state index contributed by atoms with van der Waals surface area (Å²) in [7, 11) is 2.22.